The number of aromatic nitrogens is 2. The van der Waals surface area contributed by atoms with Gasteiger partial charge in [0.25, 0.3) is 0 Å². The number of rotatable bonds is 5. The molecule has 0 aliphatic heterocycles. The molecule has 0 amide bonds. The predicted octanol–water partition coefficient (Wildman–Crippen LogP) is 1.93. The quantitative estimate of drug-likeness (QED) is 0.672. The minimum atomic E-state index is -0.445. The number of halogens is 1. The van der Waals surface area contributed by atoms with E-state index in [-0.39, 0.29) is 0 Å². The molecule has 0 aromatic carbocycles. The summed E-state index contributed by atoms with van der Waals surface area (Å²) in [6.45, 7) is 0.899. The van der Waals surface area contributed by atoms with E-state index in [0.29, 0.717) is 16.2 Å². The first-order chi connectivity index (χ1) is 9.17. The summed E-state index contributed by atoms with van der Waals surface area (Å²) in [5.74, 6) is 0.391. The van der Waals surface area contributed by atoms with Gasteiger partial charge in [-0.05, 0) is 32.1 Å². The summed E-state index contributed by atoms with van der Waals surface area (Å²) in [5, 5.41) is 3.65. The van der Waals surface area contributed by atoms with Crippen LogP contribution >= 0.6 is 11.6 Å². The molecule has 0 radical (unpaired) electrons. The molecular weight excluding hydrogens is 266 g/mol. The number of methoxy groups -OCH3 is 1. The van der Waals surface area contributed by atoms with Crippen LogP contribution in [0.1, 0.15) is 22.7 Å². The molecule has 2 aromatic heterocycles. The van der Waals surface area contributed by atoms with Gasteiger partial charge in [0.1, 0.15) is 5.82 Å². The van der Waals surface area contributed by atoms with Crippen LogP contribution in [-0.2, 0) is 11.2 Å². The SMILES string of the molecule is CNCCCc1nc(C(=O)OC)c2cc(Cl)ccn12. The maximum absolute atomic E-state index is 11.7. The number of hydrogen-bond donors (Lipinski definition) is 1. The van der Waals surface area contributed by atoms with Crippen LogP contribution in [0.25, 0.3) is 5.52 Å². The second-order valence-corrected chi connectivity index (χ2v) is 4.61. The Morgan fingerprint density at radius 1 is 1.58 bits per heavy atom. The summed E-state index contributed by atoms with van der Waals surface area (Å²) in [6, 6.07) is 3.50. The van der Waals surface area contributed by atoms with Crippen molar-refractivity contribution in [1.29, 1.82) is 0 Å². The number of aryl methyl sites for hydroxylation is 1. The number of esters is 1. The Labute approximate surface area is 116 Å². The largest absolute Gasteiger partial charge is 0.464 e. The Hall–Kier alpha value is -1.59. The normalized spacial score (nSPS) is 10.9. The predicted molar refractivity (Wildman–Crippen MR) is 73.8 cm³/mol. The molecule has 0 saturated heterocycles. The number of carbonyl (C=O) groups is 1. The van der Waals surface area contributed by atoms with Gasteiger partial charge < -0.3 is 14.5 Å². The molecule has 2 heterocycles. The minimum Gasteiger partial charge on any atom is -0.464 e. The van der Waals surface area contributed by atoms with Gasteiger partial charge in [-0.2, -0.15) is 0 Å². The Balaban J connectivity index is 2.44. The van der Waals surface area contributed by atoms with Crippen molar-refractivity contribution >= 4 is 23.1 Å². The molecule has 1 N–H and O–H groups in total. The molecule has 2 aromatic rings. The van der Waals surface area contributed by atoms with Crippen molar-refractivity contribution in [3.63, 3.8) is 0 Å². The first kappa shape index (κ1) is 13.8. The molecule has 0 aliphatic carbocycles. The van der Waals surface area contributed by atoms with Crippen molar-refractivity contribution in [2.24, 2.45) is 0 Å². The Morgan fingerprint density at radius 3 is 3.05 bits per heavy atom. The third-order valence-electron chi connectivity index (χ3n) is 2.88. The first-order valence-electron chi connectivity index (χ1n) is 6.06. The van der Waals surface area contributed by atoms with Crippen LogP contribution in [0.5, 0.6) is 0 Å². The van der Waals surface area contributed by atoms with Gasteiger partial charge in [-0.15, -0.1) is 0 Å². The Bertz CT molecular complexity index is 595. The number of pyridine rings is 1. The third-order valence-corrected chi connectivity index (χ3v) is 3.12. The van der Waals surface area contributed by atoms with E-state index in [1.807, 2.05) is 17.6 Å². The van der Waals surface area contributed by atoms with Crippen LogP contribution in [-0.4, -0.2) is 36.1 Å². The monoisotopic (exact) mass is 281 g/mol. The van der Waals surface area contributed by atoms with Crippen LogP contribution in [0.3, 0.4) is 0 Å². The van der Waals surface area contributed by atoms with Crippen molar-refractivity contribution in [3.8, 4) is 0 Å². The number of fused-ring (bicyclic) bond motifs is 1. The van der Waals surface area contributed by atoms with Crippen molar-refractivity contribution in [3.05, 3.63) is 34.9 Å². The lowest BCUT2D eigenvalue weighted by Crippen LogP contribution is -2.09. The summed E-state index contributed by atoms with van der Waals surface area (Å²) >= 11 is 5.97. The second kappa shape index (κ2) is 6.04. The maximum Gasteiger partial charge on any atom is 0.358 e. The van der Waals surface area contributed by atoms with Gasteiger partial charge in [0.2, 0.25) is 0 Å². The van der Waals surface area contributed by atoms with E-state index >= 15 is 0 Å². The number of hydrogen-bond acceptors (Lipinski definition) is 4. The lowest BCUT2D eigenvalue weighted by molar-refractivity contribution is 0.0597. The molecule has 2 rings (SSSR count). The maximum atomic E-state index is 11.7. The molecule has 0 spiro atoms. The first-order valence-corrected chi connectivity index (χ1v) is 6.44. The molecule has 6 heteroatoms. The molecule has 0 aliphatic rings. The number of nitrogens with one attached hydrogen (secondary N) is 1. The fourth-order valence-corrected chi connectivity index (χ4v) is 2.13. The number of nitrogens with zero attached hydrogens (tertiary/aromatic N) is 2. The van der Waals surface area contributed by atoms with Crippen LogP contribution in [0, 0.1) is 0 Å². The van der Waals surface area contributed by atoms with Crippen molar-refractivity contribution in [1.82, 2.24) is 14.7 Å². The molecular formula is C13H16ClN3O2. The van der Waals surface area contributed by atoms with E-state index in [1.165, 1.54) is 7.11 Å². The van der Waals surface area contributed by atoms with E-state index < -0.39 is 5.97 Å². The molecule has 19 heavy (non-hydrogen) atoms. The zero-order chi connectivity index (χ0) is 13.8. The molecule has 0 atom stereocenters. The van der Waals surface area contributed by atoms with Gasteiger partial charge >= 0.3 is 5.97 Å². The summed E-state index contributed by atoms with van der Waals surface area (Å²) in [5.41, 5.74) is 0.989. The van der Waals surface area contributed by atoms with E-state index in [0.717, 1.165) is 25.2 Å². The highest BCUT2D eigenvalue weighted by Crippen LogP contribution is 2.19. The summed E-state index contributed by atoms with van der Waals surface area (Å²) in [6.07, 6.45) is 3.55. The van der Waals surface area contributed by atoms with E-state index in [4.69, 9.17) is 16.3 Å². The van der Waals surface area contributed by atoms with Gasteiger partial charge in [-0.1, -0.05) is 11.6 Å². The van der Waals surface area contributed by atoms with Crippen LogP contribution in [0.4, 0.5) is 0 Å². The number of ether oxygens (including phenoxy) is 1. The second-order valence-electron chi connectivity index (χ2n) is 4.18. The highest BCUT2D eigenvalue weighted by Gasteiger charge is 2.17. The summed E-state index contributed by atoms with van der Waals surface area (Å²) in [7, 11) is 3.25. The molecule has 0 bridgehead atoms. The highest BCUT2D eigenvalue weighted by atomic mass is 35.5. The lowest BCUT2D eigenvalue weighted by Gasteiger charge is -2.01. The van der Waals surface area contributed by atoms with Gasteiger partial charge in [0.05, 0.1) is 12.6 Å². The van der Waals surface area contributed by atoms with E-state index in [2.05, 4.69) is 10.3 Å². The zero-order valence-corrected chi connectivity index (χ0v) is 11.7. The van der Waals surface area contributed by atoms with Crippen LogP contribution < -0.4 is 5.32 Å². The average Bonchev–Trinajstić information content (AvgIpc) is 2.76. The summed E-state index contributed by atoms with van der Waals surface area (Å²) in [4.78, 5) is 16.1. The fourth-order valence-electron chi connectivity index (χ4n) is 1.97. The molecule has 0 fully saturated rings. The Kier molecular flexibility index (Phi) is 4.39. The molecule has 0 unspecified atom stereocenters. The van der Waals surface area contributed by atoms with E-state index in [1.54, 1.807) is 12.1 Å². The zero-order valence-electron chi connectivity index (χ0n) is 10.9. The average molecular weight is 282 g/mol. The number of imidazole rings is 1. The van der Waals surface area contributed by atoms with Crippen molar-refractivity contribution < 1.29 is 9.53 Å². The third kappa shape index (κ3) is 2.88. The molecule has 0 saturated carbocycles. The van der Waals surface area contributed by atoms with Crippen LogP contribution in [0.2, 0.25) is 5.02 Å². The highest BCUT2D eigenvalue weighted by molar-refractivity contribution is 6.31. The Morgan fingerprint density at radius 2 is 2.37 bits per heavy atom. The van der Waals surface area contributed by atoms with Gasteiger partial charge in [-0.25, -0.2) is 9.78 Å². The fraction of sp³-hybridized carbons (Fsp3) is 0.385. The van der Waals surface area contributed by atoms with Crippen molar-refractivity contribution in [2.45, 2.75) is 12.8 Å². The van der Waals surface area contributed by atoms with Gasteiger partial charge in [0, 0.05) is 17.6 Å². The van der Waals surface area contributed by atoms with Gasteiger partial charge in [-0.3, -0.25) is 0 Å². The van der Waals surface area contributed by atoms with E-state index in [9.17, 15) is 4.79 Å². The number of carbonyl (C=O) groups excluding carboxylic acids is 1. The minimum absolute atomic E-state index is 0.310. The standard InChI is InChI=1S/C13H16ClN3O2/c1-15-6-3-4-11-16-12(13(18)19-2)10-8-9(14)5-7-17(10)11/h5,7-8,15H,3-4,6H2,1-2H3. The summed E-state index contributed by atoms with van der Waals surface area (Å²) < 4.78 is 6.64. The van der Waals surface area contributed by atoms with Crippen molar-refractivity contribution in [2.75, 3.05) is 20.7 Å². The van der Waals surface area contributed by atoms with Crippen LogP contribution in [0.15, 0.2) is 18.3 Å². The molecule has 102 valence electrons. The molecule has 5 nitrogen and oxygen atoms in total. The van der Waals surface area contributed by atoms with Gasteiger partial charge in [0.15, 0.2) is 5.69 Å². The smallest absolute Gasteiger partial charge is 0.358 e. The topological polar surface area (TPSA) is 55.6 Å². The lowest BCUT2D eigenvalue weighted by atomic mass is 10.3.